The fraction of sp³-hybridized carbons (Fsp3) is 0.364. The fourth-order valence-electron chi connectivity index (χ4n) is 1.46. The van der Waals surface area contributed by atoms with E-state index in [0.717, 1.165) is 10.6 Å². The van der Waals surface area contributed by atoms with E-state index in [1.807, 2.05) is 20.8 Å². The van der Waals surface area contributed by atoms with Crippen LogP contribution in [-0.4, -0.2) is 20.7 Å². The van der Waals surface area contributed by atoms with Crippen LogP contribution in [-0.2, 0) is 6.54 Å². The first-order valence-corrected chi connectivity index (χ1v) is 6.41. The number of nitrogen functional groups attached to an aromatic ring is 1. The summed E-state index contributed by atoms with van der Waals surface area (Å²) in [6, 6.07) is 0. The molecule has 18 heavy (non-hydrogen) atoms. The van der Waals surface area contributed by atoms with Crippen LogP contribution in [0.3, 0.4) is 0 Å². The summed E-state index contributed by atoms with van der Waals surface area (Å²) in [4.78, 5) is 17.3. The van der Waals surface area contributed by atoms with Crippen LogP contribution >= 0.6 is 11.3 Å². The standard InChI is InChI=1S/C11H15N5OS/c1-4-16-5-8(12)9(15-16)10(17)14-11-13-6(2)7(3)18-11/h5H,4,12H2,1-3H3,(H,13,14,17). The highest BCUT2D eigenvalue weighted by Crippen LogP contribution is 2.22. The molecule has 0 radical (unpaired) electrons. The van der Waals surface area contributed by atoms with Crippen LogP contribution in [0.15, 0.2) is 6.20 Å². The molecule has 0 fully saturated rings. The van der Waals surface area contributed by atoms with Crippen LogP contribution in [0.25, 0.3) is 0 Å². The van der Waals surface area contributed by atoms with Gasteiger partial charge >= 0.3 is 0 Å². The van der Waals surface area contributed by atoms with Crippen LogP contribution in [0.1, 0.15) is 28.0 Å². The van der Waals surface area contributed by atoms with Gasteiger partial charge in [0.05, 0.1) is 11.4 Å². The SMILES string of the molecule is CCn1cc(N)c(C(=O)Nc2nc(C)c(C)s2)n1. The summed E-state index contributed by atoms with van der Waals surface area (Å²) in [6.07, 6.45) is 1.65. The summed E-state index contributed by atoms with van der Waals surface area (Å²) in [6.45, 7) is 6.47. The third kappa shape index (κ3) is 2.35. The first kappa shape index (κ1) is 12.6. The second kappa shape index (κ2) is 4.77. The van der Waals surface area contributed by atoms with E-state index in [4.69, 9.17) is 5.73 Å². The predicted octanol–water partition coefficient (Wildman–Crippen LogP) is 1.81. The number of hydrogen-bond acceptors (Lipinski definition) is 5. The Morgan fingerprint density at radius 3 is 2.78 bits per heavy atom. The van der Waals surface area contributed by atoms with Crippen LogP contribution < -0.4 is 11.1 Å². The monoisotopic (exact) mass is 265 g/mol. The minimum atomic E-state index is -0.326. The van der Waals surface area contributed by atoms with Crippen molar-refractivity contribution in [2.45, 2.75) is 27.3 Å². The van der Waals surface area contributed by atoms with Crippen LogP contribution in [0.2, 0.25) is 0 Å². The van der Waals surface area contributed by atoms with E-state index in [9.17, 15) is 4.79 Å². The van der Waals surface area contributed by atoms with E-state index < -0.39 is 0 Å². The number of nitrogens with zero attached hydrogens (tertiary/aromatic N) is 3. The number of nitrogens with one attached hydrogen (secondary N) is 1. The van der Waals surface area contributed by atoms with E-state index in [1.54, 1.807) is 10.9 Å². The number of hydrogen-bond donors (Lipinski definition) is 2. The minimum absolute atomic E-state index is 0.238. The maximum Gasteiger partial charge on any atom is 0.280 e. The topological polar surface area (TPSA) is 85.8 Å². The quantitative estimate of drug-likeness (QED) is 0.886. The molecule has 2 rings (SSSR count). The number of amides is 1. The molecule has 0 aliphatic rings. The van der Waals surface area contributed by atoms with Gasteiger partial charge in [-0.2, -0.15) is 5.10 Å². The molecule has 1 amide bonds. The second-order valence-corrected chi connectivity index (χ2v) is 5.11. The molecule has 0 saturated carbocycles. The van der Waals surface area contributed by atoms with Gasteiger partial charge in [0.25, 0.3) is 5.91 Å². The van der Waals surface area contributed by atoms with Crippen molar-refractivity contribution >= 4 is 28.1 Å². The zero-order chi connectivity index (χ0) is 13.3. The highest BCUT2D eigenvalue weighted by Gasteiger charge is 2.16. The molecule has 0 aromatic carbocycles. The molecular formula is C11H15N5OS. The van der Waals surface area contributed by atoms with Gasteiger partial charge in [-0.3, -0.25) is 14.8 Å². The van der Waals surface area contributed by atoms with Gasteiger partial charge < -0.3 is 5.73 Å². The third-order valence-electron chi connectivity index (χ3n) is 2.58. The van der Waals surface area contributed by atoms with Crippen LogP contribution in [0, 0.1) is 13.8 Å². The van der Waals surface area contributed by atoms with E-state index in [-0.39, 0.29) is 11.6 Å². The number of anilines is 2. The fourth-order valence-corrected chi connectivity index (χ4v) is 2.27. The molecular weight excluding hydrogens is 250 g/mol. The molecule has 0 saturated heterocycles. The van der Waals surface area contributed by atoms with E-state index in [0.29, 0.717) is 17.4 Å². The van der Waals surface area contributed by atoms with Gasteiger partial charge in [0.1, 0.15) is 0 Å². The minimum Gasteiger partial charge on any atom is -0.396 e. The molecule has 0 aliphatic carbocycles. The number of nitrogens with two attached hydrogens (primary N) is 1. The maximum atomic E-state index is 12.0. The van der Waals surface area contributed by atoms with E-state index in [2.05, 4.69) is 15.4 Å². The largest absolute Gasteiger partial charge is 0.396 e. The van der Waals surface area contributed by atoms with Gasteiger partial charge in [-0.05, 0) is 20.8 Å². The van der Waals surface area contributed by atoms with Crippen LogP contribution in [0.4, 0.5) is 10.8 Å². The van der Waals surface area contributed by atoms with E-state index >= 15 is 0 Å². The molecule has 2 aromatic heterocycles. The van der Waals surface area contributed by atoms with Crippen molar-refractivity contribution in [2.75, 3.05) is 11.1 Å². The van der Waals surface area contributed by atoms with Gasteiger partial charge in [0.2, 0.25) is 0 Å². The summed E-state index contributed by atoms with van der Waals surface area (Å²) in [5.74, 6) is -0.326. The van der Waals surface area contributed by atoms with Gasteiger partial charge in [-0.25, -0.2) is 4.98 Å². The van der Waals surface area contributed by atoms with Gasteiger partial charge in [-0.15, -0.1) is 11.3 Å². The van der Waals surface area contributed by atoms with Gasteiger partial charge in [0.15, 0.2) is 10.8 Å². The van der Waals surface area contributed by atoms with Crippen molar-refractivity contribution in [2.24, 2.45) is 0 Å². The number of carbonyl (C=O) groups excluding carboxylic acids is 1. The number of rotatable bonds is 3. The number of aryl methyl sites for hydroxylation is 3. The lowest BCUT2D eigenvalue weighted by atomic mass is 10.3. The molecule has 0 bridgehead atoms. The lowest BCUT2D eigenvalue weighted by Crippen LogP contribution is -2.14. The highest BCUT2D eigenvalue weighted by atomic mass is 32.1. The first-order valence-electron chi connectivity index (χ1n) is 5.59. The Morgan fingerprint density at radius 1 is 1.56 bits per heavy atom. The van der Waals surface area contributed by atoms with Crippen molar-refractivity contribution in [3.8, 4) is 0 Å². The lowest BCUT2D eigenvalue weighted by Gasteiger charge is -1.98. The number of aromatic nitrogens is 3. The highest BCUT2D eigenvalue weighted by molar-refractivity contribution is 7.15. The van der Waals surface area contributed by atoms with Crippen LogP contribution in [0.5, 0.6) is 0 Å². The zero-order valence-corrected chi connectivity index (χ0v) is 11.3. The van der Waals surface area contributed by atoms with Crippen molar-refractivity contribution in [1.82, 2.24) is 14.8 Å². The average molecular weight is 265 g/mol. The second-order valence-electron chi connectivity index (χ2n) is 3.90. The summed E-state index contributed by atoms with van der Waals surface area (Å²) < 4.78 is 1.63. The maximum absolute atomic E-state index is 12.0. The molecule has 96 valence electrons. The average Bonchev–Trinajstić information content (AvgIpc) is 2.83. The van der Waals surface area contributed by atoms with Gasteiger partial charge in [-0.1, -0.05) is 0 Å². The third-order valence-corrected chi connectivity index (χ3v) is 3.57. The Morgan fingerprint density at radius 2 is 2.28 bits per heavy atom. The Kier molecular flexibility index (Phi) is 3.33. The van der Waals surface area contributed by atoms with Crippen molar-refractivity contribution in [3.05, 3.63) is 22.5 Å². The lowest BCUT2D eigenvalue weighted by molar-refractivity contribution is 0.102. The Labute approximate surface area is 109 Å². The molecule has 3 N–H and O–H groups in total. The normalized spacial score (nSPS) is 10.6. The molecule has 2 heterocycles. The Hall–Kier alpha value is -1.89. The molecule has 0 aliphatic heterocycles. The smallest absolute Gasteiger partial charge is 0.280 e. The first-order chi connectivity index (χ1) is 8.51. The Balaban J connectivity index is 2.18. The molecule has 0 atom stereocenters. The summed E-state index contributed by atoms with van der Waals surface area (Å²) in [5, 5.41) is 7.39. The van der Waals surface area contributed by atoms with Crippen molar-refractivity contribution in [3.63, 3.8) is 0 Å². The summed E-state index contributed by atoms with van der Waals surface area (Å²) in [7, 11) is 0. The summed E-state index contributed by atoms with van der Waals surface area (Å²) >= 11 is 1.44. The zero-order valence-electron chi connectivity index (χ0n) is 10.5. The number of thiazole rings is 1. The number of carbonyl (C=O) groups is 1. The van der Waals surface area contributed by atoms with Crippen molar-refractivity contribution < 1.29 is 4.79 Å². The van der Waals surface area contributed by atoms with E-state index in [1.165, 1.54) is 11.3 Å². The predicted molar refractivity (Wildman–Crippen MR) is 71.9 cm³/mol. The van der Waals surface area contributed by atoms with Gasteiger partial charge in [0, 0.05) is 17.6 Å². The Bertz CT molecular complexity index is 567. The molecule has 0 unspecified atom stereocenters. The molecule has 0 spiro atoms. The molecule has 6 nitrogen and oxygen atoms in total. The summed E-state index contributed by atoms with van der Waals surface area (Å²) in [5.41, 5.74) is 7.28. The molecule has 2 aromatic rings. The van der Waals surface area contributed by atoms with Crippen molar-refractivity contribution in [1.29, 1.82) is 0 Å². The molecule has 7 heteroatoms.